The fraction of sp³-hybridized carbons (Fsp3) is 0.462. The highest BCUT2D eigenvalue weighted by Gasteiger charge is 2.14. The minimum Gasteiger partial charge on any atom is -0.348 e. The first-order chi connectivity index (χ1) is 8.02. The molecular formula is C13H17BrClNO. The van der Waals surface area contributed by atoms with Gasteiger partial charge in [-0.3, -0.25) is 4.79 Å². The van der Waals surface area contributed by atoms with Crippen molar-refractivity contribution < 1.29 is 4.79 Å². The lowest BCUT2D eigenvalue weighted by molar-refractivity contribution is 0.0937. The monoisotopic (exact) mass is 317 g/mol. The standard InChI is InChI=1S/C13H17BrClNO/c1-9(2)6-12(8-14)16-13(17)10-4-3-5-11(15)7-10/h3-5,7,9,12H,6,8H2,1-2H3,(H,16,17). The Hall–Kier alpha value is -0.540. The molecule has 0 spiro atoms. The summed E-state index contributed by atoms with van der Waals surface area (Å²) in [5.41, 5.74) is 0.604. The lowest BCUT2D eigenvalue weighted by Crippen LogP contribution is -2.37. The van der Waals surface area contributed by atoms with Gasteiger partial charge in [0.15, 0.2) is 0 Å². The molecule has 0 fully saturated rings. The molecule has 0 saturated heterocycles. The molecule has 0 aliphatic rings. The highest BCUT2D eigenvalue weighted by Crippen LogP contribution is 2.12. The number of nitrogens with one attached hydrogen (secondary N) is 1. The lowest BCUT2D eigenvalue weighted by Gasteiger charge is -2.18. The molecule has 0 bridgehead atoms. The normalized spacial score (nSPS) is 12.5. The number of carbonyl (C=O) groups is 1. The van der Waals surface area contributed by atoms with Crippen LogP contribution in [0.15, 0.2) is 24.3 Å². The topological polar surface area (TPSA) is 29.1 Å². The van der Waals surface area contributed by atoms with Gasteiger partial charge in [-0.05, 0) is 30.5 Å². The van der Waals surface area contributed by atoms with E-state index in [9.17, 15) is 4.79 Å². The Labute approximate surface area is 116 Å². The first kappa shape index (κ1) is 14.5. The molecule has 0 aromatic heterocycles. The van der Waals surface area contributed by atoms with Crippen LogP contribution in [0.25, 0.3) is 0 Å². The molecule has 4 heteroatoms. The van der Waals surface area contributed by atoms with Crippen LogP contribution in [0.1, 0.15) is 30.6 Å². The van der Waals surface area contributed by atoms with Gasteiger partial charge in [-0.2, -0.15) is 0 Å². The average Bonchev–Trinajstić information content (AvgIpc) is 2.27. The van der Waals surface area contributed by atoms with Gasteiger partial charge in [-0.25, -0.2) is 0 Å². The van der Waals surface area contributed by atoms with Crippen molar-refractivity contribution in [3.63, 3.8) is 0 Å². The molecule has 2 nitrogen and oxygen atoms in total. The van der Waals surface area contributed by atoms with E-state index >= 15 is 0 Å². The van der Waals surface area contributed by atoms with E-state index in [1.165, 1.54) is 0 Å². The van der Waals surface area contributed by atoms with Crippen LogP contribution in [0.2, 0.25) is 5.02 Å². The van der Waals surface area contributed by atoms with Crippen molar-refractivity contribution in [2.24, 2.45) is 5.92 Å². The molecule has 1 atom stereocenters. The molecule has 1 unspecified atom stereocenters. The molecule has 0 radical (unpaired) electrons. The van der Waals surface area contributed by atoms with Gasteiger partial charge in [0.1, 0.15) is 0 Å². The summed E-state index contributed by atoms with van der Waals surface area (Å²) >= 11 is 9.27. The van der Waals surface area contributed by atoms with Crippen LogP contribution in [0.3, 0.4) is 0 Å². The van der Waals surface area contributed by atoms with Crippen LogP contribution >= 0.6 is 27.5 Å². The van der Waals surface area contributed by atoms with Crippen molar-refractivity contribution in [2.45, 2.75) is 26.3 Å². The maximum atomic E-state index is 12.0. The molecule has 1 N–H and O–H groups in total. The summed E-state index contributed by atoms with van der Waals surface area (Å²) in [6, 6.07) is 7.14. The average molecular weight is 319 g/mol. The lowest BCUT2D eigenvalue weighted by atomic mass is 10.0. The summed E-state index contributed by atoms with van der Waals surface area (Å²) in [5, 5.41) is 4.34. The largest absolute Gasteiger partial charge is 0.348 e. The quantitative estimate of drug-likeness (QED) is 0.820. The van der Waals surface area contributed by atoms with Crippen molar-refractivity contribution in [1.82, 2.24) is 5.32 Å². The SMILES string of the molecule is CC(C)CC(CBr)NC(=O)c1cccc(Cl)c1. The zero-order valence-electron chi connectivity index (χ0n) is 10.0. The van der Waals surface area contributed by atoms with Crippen LogP contribution in [0, 0.1) is 5.92 Å². The maximum absolute atomic E-state index is 12.0. The molecule has 94 valence electrons. The predicted octanol–water partition coefficient (Wildman–Crippen LogP) is 3.88. The van der Waals surface area contributed by atoms with E-state index in [-0.39, 0.29) is 11.9 Å². The van der Waals surface area contributed by atoms with Gasteiger partial charge in [0, 0.05) is 22.0 Å². The van der Waals surface area contributed by atoms with Crippen molar-refractivity contribution in [3.05, 3.63) is 34.9 Å². The minimum absolute atomic E-state index is 0.0717. The molecule has 17 heavy (non-hydrogen) atoms. The first-order valence-electron chi connectivity index (χ1n) is 5.65. The van der Waals surface area contributed by atoms with Crippen molar-refractivity contribution in [1.29, 1.82) is 0 Å². The van der Waals surface area contributed by atoms with Crippen LogP contribution in [0.4, 0.5) is 0 Å². The highest BCUT2D eigenvalue weighted by atomic mass is 79.9. The Morgan fingerprint density at radius 3 is 2.71 bits per heavy atom. The summed E-state index contributed by atoms with van der Waals surface area (Å²) in [4.78, 5) is 12.0. The Kier molecular flexibility index (Phi) is 6.00. The van der Waals surface area contributed by atoms with Crippen LogP contribution < -0.4 is 5.32 Å². The van der Waals surface area contributed by atoms with Gasteiger partial charge in [-0.1, -0.05) is 47.4 Å². The molecule has 1 aromatic carbocycles. The number of alkyl halides is 1. The molecule has 1 amide bonds. The Morgan fingerprint density at radius 2 is 2.18 bits per heavy atom. The number of rotatable bonds is 5. The first-order valence-corrected chi connectivity index (χ1v) is 7.15. The van der Waals surface area contributed by atoms with E-state index < -0.39 is 0 Å². The maximum Gasteiger partial charge on any atom is 0.251 e. The summed E-state index contributed by atoms with van der Waals surface area (Å²) in [6.07, 6.45) is 0.956. The number of halogens is 2. The third kappa shape index (κ3) is 5.09. The number of carbonyl (C=O) groups excluding carboxylic acids is 1. The van der Waals surface area contributed by atoms with E-state index in [2.05, 4.69) is 35.1 Å². The second kappa shape index (κ2) is 7.02. The number of hydrogen-bond acceptors (Lipinski definition) is 1. The Morgan fingerprint density at radius 1 is 1.47 bits per heavy atom. The number of benzene rings is 1. The van der Waals surface area contributed by atoms with Gasteiger partial charge in [0.2, 0.25) is 0 Å². The molecular weight excluding hydrogens is 302 g/mol. The summed E-state index contributed by atoms with van der Waals surface area (Å²) in [6.45, 7) is 4.28. The zero-order chi connectivity index (χ0) is 12.8. The van der Waals surface area contributed by atoms with Gasteiger partial charge < -0.3 is 5.32 Å². The zero-order valence-corrected chi connectivity index (χ0v) is 12.4. The fourth-order valence-corrected chi connectivity index (χ4v) is 2.24. The van der Waals surface area contributed by atoms with E-state index in [1.807, 2.05) is 0 Å². The number of amides is 1. The molecule has 1 rings (SSSR count). The van der Waals surface area contributed by atoms with Gasteiger partial charge in [-0.15, -0.1) is 0 Å². The molecule has 0 aliphatic heterocycles. The van der Waals surface area contributed by atoms with E-state index in [0.717, 1.165) is 11.8 Å². The Bertz CT molecular complexity index is 381. The van der Waals surface area contributed by atoms with E-state index in [4.69, 9.17) is 11.6 Å². The number of hydrogen-bond donors (Lipinski definition) is 1. The molecule has 0 heterocycles. The summed E-state index contributed by atoms with van der Waals surface area (Å²) in [5.74, 6) is 0.481. The Balaban J connectivity index is 2.64. The molecule has 0 saturated carbocycles. The van der Waals surface area contributed by atoms with Crippen molar-refractivity contribution >= 4 is 33.4 Å². The minimum atomic E-state index is -0.0717. The van der Waals surface area contributed by atoms with Crippen molar-refractivity contribution in [2.75, 3.05) is 5.33 Å². The summed E-state index contributed by atoms with van der Waals surface area (Å²) in [7, 11) is 0. The third-order valence-corrected chi connectivity index (χ3v) is 3.38. The van der Waals surface area contributed by atoms with Crippen LogP contribution in [-0.2, 0) is 0 Å². The summed E-state index contributed by atoms with van der Waals surface area (Å²) < 4.78 is 0. The van der Waals surface area contributed by atoms with Crippen molar-refractivity contribution in [3.8, 4) is 0 Å². The molecule has 0 aliphatic carbocycles. The highest BCUT2D eigenvalue weighted by molar-refractivity contribution is 9.09. The molecule has 1 aromatic rings. The third-order valence-electron chi connectivity index (χ3n) is 2.36. The predicted molar refractivity (Wildman–Crippen MR) is 76.0 cm³/mol. The van der Waals surface area contributed by atoms with Gasteiger partial charge in [0.25, 0.3) is 5.91 Å². The van der Waals surface area contributed by atoms with Crippen LogP contribution in [-0.4, -0.2) is 17.3 Å². The van der Waals surface area contributed by atoms with Crippen LogP contribution in [0.5, 0.6) is 0 Å². The fourth-order valence-electron chi connectivity index (χ4n) is 1.63. The van der Waals surface area contributed by atoms with E-state index in [0.29, 0.717) is 16.5 Å². The second-order valence-electron chi connectivity index (χ2n) is 4.46. The second-order valence-corrected chi connectivity index (χ2v) is 5.55. The van der Waals surface area contributed by atoms with Gasteiger partial charge >= 0.3 is 0 Å². The van der Waals surface area contributed by atoms with Gasteiger partial charge in [0.05, 0.1) is 0 Å². The van der Waals surface area contributed by atoms with E-state index in [1.54, 1.807) is 24.3 Å². The smallest absolute Gasteiger partial charge is 0.251 e.